The van der Waals surface area contributed by atoms with E-state index >= 15 is 0 Å². The van der Waals surface area contributed by atoms with E-state index in [0.29, 0.717) is 0 Å². The van der Waals surface area contributed by atoms with Crippen molar-refractivity contribution in [2.45, 2.75) is 23.9 Å². The Morgan fingerprint density at radius 3 is 1.68 bits per heavy atom. The minimum absolute atomic E-state index is 0.0396. The lowest BCUT2D eigenvalue weighted by Gasteiger charge is -2.36. The molecule has 2 heterocycles. The van der Waals surface area contributed by atoms with Gasteiger partial charge >= 0.3 is 18.3 Å². The van der Waals surface area contributed by atoms with Crippen LogP contribution in [0.5, 0.6) is 0 Å². The Bertz CT molecular complexity index is 1400. The number of fused-ring (bicyclic) bond motifs is 1. The van der Waals surface area contributed by atoms with Crippen LogP contribution in [0, 0.1) is 11.8 Å². The number of rotatable bonds is 4. The molecular weight excluding hydrogens is 542 g/mol. The van der Waals surface area contributed by atoms with Gasteiger partial charge in [-0.2, -0.15) is 26.3 Å². The first-order chi connectivity index (χ1) is 18.8. The Morgan fingerprint density at radius 1 is 0.775 bits per heavy atom. The van der Waals surface area contributed by atoms with Crippen molar-refractivity contribution in [2.75, 3.05) is 12.0 Å². The number of amides is 2. The maximum absolute atomic E-state index is 14.0. The number of carbonyl (C=O) groups is 3. The first-order valence-corrected chi connectivity index (χ1v) is 11.9. The summed E-state index contributed by atoms with van der Waals surface area (Å²) in [6.45, 7) is 0. The number of nitrogens with one attached hydrogen (secondary N) is 1. The number of alkyl halides is 6. The van der Waals surface area contributed by atoms with Crippen molar-refractivity contribution >= 4 is 23.5 Å². The van der Waals surface area contributed by atoms with Gasteiger partial charge in [0.1, 0.15) is 6.04 Å². The Morgan fingerprint density at radius 2 is 1.25 bits per heavy atom. The molecule has 2 aliphatic heterocycles. The average Bonchev–Trinajstić information content (AvgIpc) is 3.42. The summed E-state index contributed by atoms with van der Waals surface area (Å²) in [6.07, 6.45) is -9.38. The third kappa shape index (κ3) is 4.23. The predicted molar refractivity (Wildman–Crippen MR) is 129 cm³/mol. The number of methoxy groups -OCH3 is 1. The molecule has 1 N–H and O–H groups in total. The lowest BCUT2D eigenvalue weighted by Crippen LogP contribution is -2.52. The zero-order chi connectivity index (χ0) is 29.0. The number of esters is 1. The van der Waals surface area contributed by atoms with E-state index in [4.69, 9.17) is 4.74 Å². The molecule has 0 aromatic heterocycles. The summed E-state index contributed by atoms with van der Waals surface area (Å²) in [7, 11) is 1.06. The van der Waals surface area contributed by atoms with Crippen LogP contribution in [0.15, 0.2) is 78.9 Å². The number of imide groups is 1. The van der Waals surface area contributed by atoms with Gasteiger partial charge in [-0.1, -0.05) is 42.5 Å². The van der Waals surface area contributed by atoms with Crippen LogP contribution in [0.2, 0.25) is 0 Å². The van der Waals surface area contributed by atoms with Crippen LogP contribution in [0.25, 0.3) is 0 Å². The number of carbonyl (C=O) groups excluding carboxylic acids is 3. The average molecular weight is 562 g/mol. The summed E-state index contributed by atoms with van der Waals surface area (Å²) in [6, 6.07) is 13.7. The zero-order valence-electron chi connectivity index (χ0n) is 20.6. The van der Waals surface area contributed by atoms with Crippen LogP contribution in [0.4, 0.5) is 32.0 Å². The highest BCUT2D eigenvalue weighted by Gasteiger charge is 2.68. The standard InChI is InChI=1S/C28H20F6N2O4/c1-40-25(39)22-20-21(24(38)36(23(20)37)19-5-3-2-4-6-19)26(35-22,15-7-11-17(12-8-15)27(29,30)31)16-9-13-18(14-10-16)28(32,33)34/h2-14,20-22,35H,1H3/t20-,21-,22-/m1/s1. The van der Waals surface area contributed by atoms with Crippen molar-refractivity contribution in [1.29, 1.82) is 0 Å². The maximum atomic E-state index is 14.0. The Kier molecular flexibility index (Phi) is 6.48. The number of benzene rings is 3. The van der Waals surface area contributed by atoms with Gasteiger partial charge in [0.05, 0.1) is 41.3 Å². The number of anilines is 1. The summed E-state index contributed by atoms with van der Waals surface area (Å²) in [5.41, 5.74) is -3.59. The minimum atomic E-state index is -4.69. The molecule has 3 aromatic carbocycles. The first kappa shape index (κ1) is 27.4. The SMILES string of the molecule is COC(=O)[C@@H]1NC(c2ccc(C(F)(F)F)cc2)(c2ccc(C(F)(F)F)cc2)[C@H]2C(=O)N(c3ccccc3)C(=O)[C@@H]12. The Balaban J connectivity index is 1.75. The number of hydrogen-bond donors (Lipinski definition) is 1. The van der Waals surface area contributed by atoms with Crippen molar-refractivity contribution in [3.63, 3.8) is 0 Å². The molecule has 0 aliphatic carbocycles. The normalized spacial score (nSPS) is 22.4. The molecule has 208 valence electrons. The lowest BCUT2D eigenvalue weighted by molar-refractivity contribution is -0.145. The largest absolute Gasteiger partial charge is 0.468 e. The third-order valence-electron chi connectivity index (χ3n) is 7.36. The number of nitrogens with zero attached hydrogens (tertiary/aromatic N) is 1. The highest BCUT2D eigenvalue weighted by Crippen LogP contribution is 2.53. The summed E-state index contributed by atoms with van der Waals surface area (Å²) in [5, 5.41) is 2.93. The molecule has 2 saturated heterocycles. The number of hydrogen-bond acceptors (Lipinski definition) is 5. The van der Waals surface area contributed by atoms with Gasteiger partial charge in [-0.05, 0) is 47.5 Å². The van der Waals surface area contributed by atoms with Crippen LogP contribution in [-0.2, 0) is 37.0 Å². The van der Waals surface area contributed by atoms with Crippen LogP contribution < -0.4 is 10.2 Å². The smallest absolute Gasteiger partial charge is 0.416 e. The second-order valence-corrected chi connectivity index (χ2v) is 9.45. The van der Waals surface area contributed by atoms with Crippen molar-refractivity contribution in [3.8, 4) is 0 Å². The van der Waals surface area contributed by atoms with E-state index in [1.165, 1.54) is 12.1 Å². The lowest BCUT2D eigenvalue weighted by atomic mass is 9.71. The van der Waals surface area contributed by atoms with Crippen molar-refractivity contribution in [1.82, 2.24) is 5.32 Å². The fourth-order valence-electron chi connectivity index (χ4n) is 5.61. The molecule has 3 aromatic rings. The van der Waals surface area contributed by atoms with E-state index < -0.39 is 64.7 Å². The highest BCUT2D eigenvalue weighted by atomic mass is 19.4. The molecule has 0 radical (unpaired) electrons. The van der Waals surface area contributed by atoms with Gasteiger partial charge in [0, 0.05) is 0 Å². The van der Waals surface area contributed by atoms with Gasteiger partial charge in [0.2, 0.25) is 11.8 Å². The monoisotopic (exact) mass is 562 g/mol. The van der Waals surface area contributed by atoms with Crippen LogP contribution >= 0.6 is 0 Å². The van der Waals surface area contributed by atoms with E-state index in [9.17, 15) is 40.7 Å². The minimum Gasteiger partial charge on any atom is -0.468 e. The van der Waals surface area contributed by atoms with Gasteiger partial charge in [-0.15, -0.1) is 0 Å². The highest BCUT2D eigenvalue weighted by molar-refractivity contribution is 6.24. The van der Waals surface area contributed by atoms with Crippen LogP contribution in [0.3, 0.4) is 0 Å². The Labute approximate surface area is 223 Å². The van der Waals surface area contributed by atoms with E-state index in [1.54, 1.807) is 18.2 Å². The number of para-hydroxylation sites is 1. The van der Waals surface area contributed by atoms with Crippen molar-refractivity contribution in [2.24, 2.45) is 11.8 Å². The predicted octanol–water partition coefficient (Wildman–Crippen LogP) is 4.92. The van der Waals surface area contributed by atoms with Gasteiger partial charge in [0.15, 0.2) is 0 Å². The summed E-state index contributed by atoms with van der Waals surface area (Å²) >= 11 is 0. The molecule has 0 saturated carbocycles. The zero-order valence-corrected chi connectivity index (χ0v) is 20.6. The van der Waals surface area contributed by atoms with Gasteiger partial charge in [0.25, 0.3) is 0 Å². The van der Waals surface area contributed by atoms with Crippen LogP contribution in [0.1, 0.15) is 22.3 Å². The van der Waals surface area contributed by atoms with Gasteiger partial charge < -0.3 is 4.74 Å². The van der Waals surface area contributed by atoms with Gasteiger partial charge in [-0.25, -0.2) is 4.90 Å². The molecule has 5 rings (SSSR count). The van der Waals surface area contributed by atoms with Crippen molar-refractivity contribution in [3.05, 3.63) is 101 Å². The van der Waals surface area contributed by atoms with E-state index in [0.717, 1.165) is 60.5 Å². The fourth-order valence-corrected chi connectivity index (χ4v) is 5.61. The second kappa shape index (κ2) is 9.47. The molecule has 0 unspecified atom stereocenters. The third-order valence-corrected chi connectivity index (χ3v) is 7.36. The Hall–Kier alpha value is -4.19. The molecule has 40 heavy (non-hydrogen) atoms. The topological polar surface area (TPSA) is 75.7 Å². The van der Waals surface area contributed by atoms with E-state index in [2.05, 4.69) is 5.32 Å². The van der Waals surface area contributed by atoms with E-state index in [1.807, 2.05) is 0 Å². The molecule has 2 amide bonds. The molecular formula is C28H20F6N2O4. The molecule has 2 aliphatic rings. The van der Waals surface area contributed by atoms with Crippen molar-refractivity contribution < 1.29 is 45.5 Å². The fraction of sp³-hybridized carbons (Fsp3) is 0.250. The molecule has 2 fully saturated rings. The number of ether oxygens (including phenoxy) is 1. The van der Waals surface area contributed by atoms with Gasteiger partial charge in [-0.3, -0.25) is 19.7 Å². The molecule has 6 nitrogen and oxygen atoms in total. The van der Waals surface area contributed by atoms with Crippen LogP contribution in [-0.4, -0.2) is 30.9 Å². The second-order valence-electron chi connectivity index (χ2n) is 9.45. The quantitative estimate of drug-likeness (QED) is 0.278. The summed E-state index contributed by atoms with van der Waals surface area (Å²) in [5.74, 6) is -5.25. The molecule has 0 spiro atoms. The molecule has 12 heteroatoms. The van der Waals surface area contributed by atoms with E-state index in [-0.39, 0.29) is 16.8 Å². The summed E-state index contributed by atoms with van der Waals surface area (Å²) in [4.78, 5) is 41.5. The molecule has 3 atom stereocenters. The summed E-state index contributed by atoms with van der Waals surface area (Å²) < 4.78 is 85.1. The first-order valence-electron chi connectivity index (χ1n) is 11.9. The maximum Gasteiger partial charge on any atom is 0.416 e. The molecule has 0 bridgehead atoms. The number of halogens is 6.